The third-order valence-corrected chi connectivity index (χ3v) is 1.99. The van der Waals surface area contributed by atoms with Gasteiger partial charge in [0.25, 0.3) is 0 Å². The van der Waals surface area contributed by atoms with Crippen LogP contribution < -0.4 is 5.32 Å². The highest BCUT2D eigenvalue weighted by molar-refractivity contribution is 7.15. The van der Waals surface area contributed by atoms with Crippen molar-refractivity contribution in [3.05, 3.63) is 25.3 Å². The van der Waals surface area contributed by atoms with Crippen LogP contribution in [0.15, 0.2) is 25.3 Å². The first kappa shape index (κ1) is 18.7. The van der Waals surface area contributed by atoms with Crippen LogP contribution in [-0.4, -0.2) is 32.3 Å². The number of carbonyl (C=O) groups is 1. The van der Waals surface area contributed by atoms with Crippen molar-refractivity contribution in [1.29, 1.82) is 0 Å². The number of nitrogens with one attached hydrogen (secondary N) is 1. The van der Waals surface area contributed by atoms with Gasteiger partial charge in [0.15, 0.2) is 0 Å². The molecule has 3 nitrogen and oxygen atoms in total. The number of allylic oxidation sites excluding steroid dienone is 1. The lowest BCUT2D eigenvalue weighted by molar-refractivity contribution is -0.147. The smallest absolute Gasteiger partial charge is 0.310 e. The molecule has 0 aliphatic carbocycles. The zero-order valence-electron chi connectivity index (χ0n) is 11.1. The lowest BCUT2D eigenvalue weighted by Gasteiger charge is -2.14. The minimum atomic E-state index is -0.150. The van der Waals surface area contributed by atoms with Crippen LogP contribution in [0, 0.1) is 5.92 Å². The molecular formula is C13H26NO2P. The molecule has 17 heavy (non-hydrogen) atoms. The van der Waals surface area contributed by atoms with E-state index in [4.69, 9.17) is 4.74 Å². The fourth-order valence-electron chi connectivity index (χ4n) is 1.20. The second-order valence-electron chi connectivity index (χ2n) is 3.25. The first-order chi connectivity index (χ1) is 8.26. The molecule has 4 heteroatoms. The molecule has 1 N–H and O–H groups in total. The van der Waals surface area contributed by atoms with Gasteiger partial charge in [-0.3, -0.25) is 4.79 Å². The Kier molecular flexibility index (Phi) is 16.9. The molecule has 0 saturated heterocycles. The average molecular weight is 259 g/mol. The topological polar surface area (TPSA) is 38.3 Å². The van der Waals surface area contributed by atoms with Gasteiger partial charge in [0, 0.05) is 6.54 Å². The summed E-state index contributed by atoms with van der Waals surface area (Å²) in [6.45, 7) is 12.9. The molecule has 0 heterocycles. The van der Waals surface area contributed by atoms with Crippen LogP contribution in [-0.2, 0) is 9.53 Å². The number of rotatable bonds is 9. The van der Waals surface area contributed by atoms with Gasteiger partial charge in [-0.2, -0.15) is 0 Å². The maximum atomic E-state index is 11.5. The Bertz CT molecular complexity index is 208. The van der Waals surface area contributed by atoms with Gasteiger partial charge in [-0.25, -0.2) is 0 Å². The molecule has 0 spiro atoms. The van der Waals surface area contributed by atoms with Gasteiger partial charge in [0.2, 0.25) is 0 Å². The summed E-state index contributed by atoms with van der Waals surface area (Å²) in [6.07, 6.45) is 5.15. The van der Waals surface area contributed by atoms with Crippen LogP contribution >= 0.6 is 9.24 Å². The molecule has 0 bridgehead atoms. The highest BCUT2D eigenvalue weighted by Crippen LogP contribution is 2.05. The minimum absolute atomic E-state index is 0.118. The van der Waals surface area contributed by atoms with Gasteiger partial charge in [0.1, 0.15) is 0 Å². The van der Waals surface area contributed by atoms with Gasteiger partial charge in [-0.15, -0.1) is 22.4 Å². The van der Waals surface area contributed by atoms with Crippen molar-refractivity contribution in [3.63, 3.8) is 0 Å². The van der Waals surface area contributed by atoms with Gasteiger partial charge in [-0.1, -0.05) is 18.8 Å². The maximum absolute atomic E-state index is 11.5. The standard InChI is InChI=1S/C12H21NO2.CH5P/c1-4-7-9-13-10-11(8-5-2)12(14)15-6-3;1-2/h4-5,11,13H,1-2,6-10H2,3H3;2H2,1H3. The molecule has 0 rings (SSSR count). The molecule has 0 amide bonds. The SMILES string of the molecule is C=CCCNCC(CC=C)C(=O)OCC.CP. The predicted octanol–water partition coefficient (Wildman–Crippen LogP) is 2.40. The van der Waals surface area contributed by atoms with Crippen LogP contribution in [0.5, 0.6) is 0 Å². The van der Waals surface area contributed by atoms with Crippen molar-refractivity contribution in [1.82, 2.24) is 5.32 Å². The van der Waals surface area contributed by atoms with E-state index < -0.39 is 0 Å². The van der Waals surface area contributed by atoms with E-state index in [1.165, 1.54) is 0 Å². The second kappa shape index (κ2) is 15.3. The zero-order chi connectivity index (χ0) is 13.5. The summed E-state index contributed by atoms with van der Waals surface area (Å²) in [5.41, 5.74) is 0. The normalized spacial score (nSPS) is 10.8. The summed E-state index contributed by atoms with van der Waals surface area (Å²) in [4.78, 5) is 11.5. The number of esters is 1. The second-order valence-corrected chi connectivity index (χ2v) is 3.25. The summed E-state index contributed by atoms with van der Waals surface area (Å²) in [5.74, 6) is -0.268. The monoisotopic (exact) mass is 259 g/mol. The number of carbonyl (C=O) groups excluding carboxylic acids is 1. The lowest BCUT2D eigenvalue weighted by Crippen LogP contribution is -2.30. The summed E-state index contributed by atoms with van der Waals surface area (Å²) in [6, 6.07) is 0. The molecule has 2 unspecified atom stereocenters. The van der Waals surface area contributed by atoms with E-state index in [0.717, 1.165) is 13.0 Å². The number of hydrogen-bond donors (Lipinski definition) is 1. The van der Waals surface area contributed by atoms with Crippen molar-refractivity contribution in [2.24, 2.45) is 5.92 Å². The molecule has 0 aromatic carbocycles. The Morgan fingerprint density at radius 3 is 2.53 bits per heavy atom. The molecular weight excluding hydrogens is 233 g/mol. The van der Waals surface area contributed by atoms with E-state index in [2.05, 4.69) is 27.7 Å². The molecule has 100 valence electrons. The van der Waals surface area contributed by atoms with Crippen LogP contribution in [0.1, 0.15) is 19.8 Å². The minimum Gasteiger partial charge on any atom is -0.466 e. The predicted molar refractivity (Wildman–Crippen MR) is 78.3 cm³/mol. The highest BCUT2D eigenvalue weighted by atomic mass is 31.0. The largest absolute Gasteiger partial charge is 0.466 e. The van der Waals surface area contributed by atoms with E-state index in [9.17, 15) is 4.79 Å². The molecule has 0 aromatic rings. The van der Waals surface area contributed by atoms with Crippen LogP contribution in [0.25, 0.3) is 0 Å². The van der Waals surface area contributed by atoms with Crippen molar-refractivity contribution in [2.75, 3.05) is 26.4 Å². The fraction of sp³-hybridized carbons (Fsp3) is 0.615. The zero-order valence-corrected chi connectivity index (χ0v) is 12.2. The van der Waals surface area contributed by atoms with Crippen LogP contribution in [0.4, 0.5) is 0 Å². The molecule has 0 saturated carbocycles. The third kappa shape index (κ3) is 11.6. The van der Waals surface area contributed by atoms with E-state index in [-0.39, 0.29) is 11.9 Å². The van der Waals surface area contributed by atoms with E-state index >= 15 is 0 Å². The first-order valence-electron chi connectivity index (χ1n) is 5.93. The lowest BCUT2D eigenvalue weighted by atomic mass is 10.1. The maximum Gasteiger partial charge on any atom is 0.310 e. The first-order valence-corrected chi connectivity index (χ1v) is 7.08. The Balaban J connectivity index is 0. The van der Waals surface area contributed by atoms with E-state index in [0.29, 0.717) is 19.6 Å². The molecule has 0 fully saturated rings. The van der Waals surface area contributed by atoms with Crippen molar-refractivity contribution < 1.29 is 9.53 Å². The van der Waals surface area contributed by atoms with Crippen molar-refractivity contribution in [2.45, 2.75) is 19.8 Å². The average Bonchev–Trinajstić information content (AvgIpc) is 2.36. The van der Waals surface area contributed by atoms with Crippen LogP contribution in [0.2, 0.25) is 0 Å². The summed E-state index contributed by atoms with van der Waals surface area (Å²) in [7, 11) is 2.42. The van der Waals surface area contributed by atoms with Crippen molar-refractivity contribution in [3.8, 4) is 0 Å². The summed E-state index contributed by atoms with van der Waals surface area (Å²) >= 11 is 0. The van der Waals surface area contributed by atoms with E-state index in [1.54, 1.807) is 6.08 Å². The number of hydrogen-bond acceptors (Lipinski definition) is 3. The molecule has 2 atom stereocenters. The summed E-state index contributed by atoms with van der Waals surface area (Å²) in [5, 5.41) is 3.19. The number of ether oxygens (including phenoxy) is 1. The Hall–Kier alpha value is -0.660. The van der Waals surface area contributed by atoms with E-state index in [1.807, 2.05) is 19.7 Å². The fourth-order valence-corrected chi connectivity index (χ4v) is 1.20. The van der Waals surface area contributed by atoms with Gasteiger partial charge in [-0.05, 0) is 26.3 Å². The molecule has 0 aliphatic rings. The quantitative estimate of drug-likeness (QED) is 0.299. The molecule has 0 aromatic heterocycles. The summed E-state index contributed by atoms with van der Waals surface area (Å²) < 4.78 is 4.97. The molecule has 0 radical (unpaired) electrons. The van der Waals surface area contributed by atoms with Gasteiger partial charge < -0.3 is 10.1 Å². The van der Waals surface area contributed by atoms with Gasteiger partial charge >= 0.3 is 5.97 Å². The van der Waals surface area contributed by atoms with Crippen molar-refractivity contribution >= 4 is 15.2 Å². The third-order valence-electron chi connectivity index (χ3n) is 1.99. The highest BCUT2D eigenvalue weighted by Gasteiger charge is 2.17. The van der Waals surface area contributed by atoms with Crippen LogP contribution in [0.3, 0.4) is 0 Å². The Labute approximate surface area is 108 Å². The Morgan fingerprint density at radius 2 is 2.06 bits per heavy atom. The van der Waals surface area contributed by atoms with Gasteiger partial charge in [0.05, 0.1) is 12.5 Å². The molecule has 0 aliphatic heterocycles. The Morgan fingerprint density at radius 1 is 1.41 bits per heavy atom.